The predicted octanol–water partition coefficient (Wildman–Crippen LogP) is 2.40. The van der Waals surface area contributed by atoms with Crippen molar-refractivity contribution in [1.29, 1.82) is 0 Å². The number of hydrogen-bond donors (Lipinski definition) is 2. The molecule has 90 valence electrons. The molecule has 0 unspecified atom stereocenters. The van der Waals surface area contributed by atoms with E-state index < -0.39 is 0 Å². The maximum Gasteiger partial charge on any atom is 0.224 e. The highest BCUT2D eigenvalue weighted by molar-refractivity contribution is 5.91. The number of amides is 1. The first kappa shape index (κ1) is 14.9. The monoisotopic (exact) mass is 242 g/mol. The second kappa shape index (κ2) is 7.25. The molecule has 0 saturated heterocycles. The molecule has 1 rings (SSSR count). The van der Waals surface area contributed by atoms with Crippen LogP contribution in [0.3, 0.4) is 0 Å². The van der Waals surface area contributed by atoms with Crippen molar-refractivity contribution in [3.8, 4) is 0 Å². The van der Waals surface area contributed by atoms with Gasteiger partial charge in [0.05, 0.1) is 0 Å². The molecule has 3 nitrogen and oxygen atoms in total. The molecule has 0 heterocycles. The Balaban J connectivity index is 0.00000225. The zero-order valence-electron chi connectivity index (χ0n) is 9.75. The van der Waals surface area contributed by atoms with E-state index in [-0.39, 0.29) is 18.3 Å². The number of hydrogen-bond acceptors (Lipinski definition) is 2. The van der Waals surface area contributed by atoms with Gasteiger partial charge >= 0.3 is 0 Å². The van der Waals surface area contributed by atoms with Gasteiger partial charge in [0.1, 0.15) is 0 Å². The molecule has 16 heavy (non-hydrogen) atoms. The highest BCUT2D eigenvalue weighted by Crippen LogP contribution is 2.16. The molecule has 4 heteroatoms. The first-order chi connectivity index (χ1) is 7.13. The maximum absolute atomic E-state index is 11.4. The molecular formula is C12H19ClN2O. The highest BCUT2D eigenvalue weighted by atomic mass is 35.5. The van der Waals surface area contributed by atoms with Gasteiger partial charge in [-0.25, -0.2) is 0 Å². The van der Waals surface area contributed by atoms with Crippen molar-refractivity contribution in [2.75, 3.05) is 11.9 Å². The lowest BCUT2D eigenvalue weighted by atomic mass is 10.1. The second-order valence-electron chi connectivity index (χ2n) is 3.76. The molecule has 0 aliphatic rings. The number of carbonyl (C=O) groups excluding carboxylic acids is 1. The molecule has 0 radical (unpaired) electrons. The van der Waals surface area contributed by atoms with Crippen LogP contribution in [-0.2, 0) is 4.79 Å². The maximum atomic E-state index is 11.4. The number of halogens is 1. The molecule has 0 spiro atoms. The third kappa shape index (κ3) is 4.64. The summed E-state index contributed by atoms with van der Waals surface area (Å²) >= 11 is 0. The molecule has 0 saturated carbocycles. The molecule has 0 fully saturated rings. The van der Waals surface area contributed by atoms with Crippen molar-refractivity contribution in [3.63, 3.8) is 0 Å². The van der Waals surface area contributed by atoms with Crippen LogP contribution in [-0.4, -0.2) is 12.5 Å². The minimum atomic E-state index is 0. The molecule has 1 amide bonds. The van der Waals surface area contributed by atoms with Crippen LogP contribution in [0.5, 0.6) is 0 Å². The summed E-state index contributed by atoms with van der Waals surface area (Å²) in [6.07, 6.45) is 1.22. The van der Waals surface area contributed by atoms with Crippen molar-refractivity contribution < 1.29 is 4.79 Å². The van der Waals surface area contributed by atoms with Crippen LogP contribution >= 0.6 is 12.4 Å². The number of nitrogens with one attached hydrogen (secondary N) is 1. The summed E-state index contributed by atoms with van der Waals surface area (Å²) in [5.74, 6) is 0.0346. The Morgan fingerprint density at radius 3 is 2.62 bits per heavy atom. The van der Waals surface area contributed by atoms with Crippen LogP contribution < -0.4 is 11.1 Å². The van der Waals surface area contributed by atoms with E-state index >= 15 is 0 Å². The Labute approximate surface area is 103 Å². The van der Waals surface area contributed by atoms with Gasteiger partial charge in [0, 0.05) is 12.1 Å². The minimum absolute atomic E-state index is 0. The summed E-state index contributed by atoms with van der Waals surface area (Å²) in [6, 6.07) is 5.98. The zero-order chi connectivity index (χ0) is 11.3. The normalized spacial score (nSPS) is 9.44. The smallest absolute Gasteiger partial charge is 0.224 e. The van der Waals surface area contributed by atoms with E-state index in [4.69, 9.17) is 5.73 Å². The van der Waals surface area contributed by atoms with E-state index in [0.29, 0.717) is 13.0 Å². The number of aryl methyl sites for hydroxylation is 2. The first-order valence-corrected chi connectivity index (χ1v) is 5.20. The SMILES string of the molecule is Cc1ccc(NC(=O)CCCN)c(C)c1.Cl. The molecule has 0 aliphatic heterocycles. The van der Waals surface area contributed by atoms with E-state index in [1.54, 1.807) is 0 Å². The van der Waals surface area contributed by atoms with Gasteiger partial charge in [0.25, 0.3) is 0 Å². The van der Waals surface area contributed by atoms with Gasteiger partial charge in [-0.2, -0.15) is 0 Å². The third-order valence-electron chi connectivity index (χ3n) is 2.26. The van der Waals surface area contributed by atoms with Crippen LogP contribution in [0.15, 0.2) is 18.2 Å². The molecule has 0 aliphatic carbocycles. The van der Waals surface area contributed by atoms with E-state index in [1.807, 2.05) is 26.0 Å². The van der Waals surface area contributed by atoms with Gasteiger partial charge in [-0.1, -0.05) is 17.7 Å². The number of rotatable bonds is 4. The van der Waals surface area contributed by atoms with Gasteiger partial charge < -0.3 is 11.1 Å². The van der Waals surface area contributed by atoms with Crippen molar-refractivity contribution >= 4 is 24.0 Å². The first-order valence-electron chi connectivity index (χ1n) is 5.20. The third-order valence-corrected chi connectivity index (χ3v) is 2.26. The van der Waals surface area contributed by atoms with E-state index in [0.717, 1.165) is 17.7 Å². The lowest BCUT2D eigenvalue weighted by Crippen LogP contribution is -2.14. The molecule has 1 aromatic carbocycles. The van der Waals surface area contributed by atoms with Crippen LogP contribution in [0.1, 0.15) is 24.0 Å². The van der Waals surface area contributed by atoms with E-state index in [9.17, 15) is 4.79 Å². The van der Waals surface area contributed by atoms with Gasteiger partial charge in [-0.05, 0) is 38.4 Å². The lowest BCUT2D eigenvalue weighted by Gasteiger charge is -2.08. The fourth-order valence-electron chi connectivity index (χ4n) is 1.43. The molecule has 3 N–H and O–H groups in total. The topological polar surface area (TPSA) is 55.1 Å². The Hall–Kier alpha value is -1.06. The highest BCUT2D eigenvalue weighted by Gasteiger charge is 2.03. The predicted molar refractivity (Wildman–Crippen MR) is 70.1 cm³/mol. The summed E-state index contributed by atoms with van der Waals surface area (Å²) in [7, 11) is 0. The summed E-state index contributed by atoms with van der Waals surface area (Å²) in [5.41, 5.74) is 8.53. The lowest BCUT2D eigenvalue weighted by molar-refractivity contribution is -0.116. The Bertz CT molecular complexity index is 353. The van der Waals surface area contributed by atoms with Gasteiger partial charge in [-0.15, -0.1) is 12.4 Å². The fourth-order valence-corrected chi connectivity index (χ4v) is 1.43. The molecule has 0 atom stereocenters. The van der Waals surface area contributed by atoms with Crippen LogP contribution in [0.2, 0.25) is 0 Å². The fraction of sp³-hybridized carbons (Fsp3) is 0.417. The average molecular weight is 243 g/mol. The van der Waals surface area contributed by atoms with Gasteiger partial charge in [-0.3, -0.25) is 4.79 Å². The number of nitrogens with two attached hydrogens (primary N) is 1. The molecule has 0 bridgehead atoms. The van der Waals surface area contributed by atoms with Gasteiger partial charge in [0.15, 0.2) is 0 Å². The summed E-state index contributed by atoms with van der Waals surface area (Å²) < 4.78 is 0. The summed E-state index contributed by atoms with van der Waals surface area (Å²) in [6.45, 7) is 4.58. The Morgan fingerprint density at radius 1 is 1.38 bits per heavy atom. The summed E-state index contributed by atoms with van der Waals surface area (Å²) in [5, 5.41) is 2.88. The molecule has 0 aromatic heterocycles. The van der Waals surface area contributed by atoms with Crippen LogP contribution in [0.4, 0.5) is 5.69 Å². The number of benzene rings is 1. The van der Waals surface area contributed by atoms with Crippen molar-refractivity contribution in [3.05, 3.63) is 29.3 Å². The zero-order valence-corrected chi connectivity index (χ0v) is 10.6. The van der Waals surface area contributed by atoms with Crippen molar-refractivity contribution in [2.45, 2.75) is 26.7 Å². The Morgan fingerprint density at radius 2 is 2.06 bits per heavy atom. The molecule has 1 aromatic rings. The van der Waals surface area contributed by atoms with Crippen molar-refractivity contribution in [2.24, 2.45) is 5.73 Å². The number of carbonyl (C=O) groups is 1. The van der Waals surface area contributed by atoms with E-state index in [2.05, 4.69) is 11.4 Å². The minimum Gasteiger partial charge on any atom is -0.330 e. The quantitative estimate of drug-likeness (QED) is 0.852. The van der Waals surface area contributed by atoms with E-state index in [1.165, 1.54) is 5.56 Å². The number of anilines is 1. The van der Waals surface area contributed by atoms with Crippen LogP contribution in [0, 0.1) is 13.8 Å². The average Bonchev–Trinajstić information content (AvgIpc) is 2.19. The largest absolute Gasteiger partial charge is 0.330 e. The summed E-state index contributed by atoms with van der Waals surface area (Å²) in [4.78, 5) is 11.4. The standard InChI is InChI=1S/C12H18N2O.ClH/c1-9-5-6-11(10(2)8-9)14-12(15)4-3-7-13;/h5-6,8H,3-4,7,13H2,1-2H3,(H,14,15);1H. The van der Waals surface area contributed by atoms with Crippen molar-refractivity contribution in [1.82, 2.24) is 0 Å². The van der Waals surface area contributed by atoms with Gasteiger partial charge in [0.2, 0.25) is 5.91 Å². The Kier molecular flexibility index (Phi) is 6.77. The second-order valence-corrected chi connectivity index (χ2v) is 3.76. The van der Waals surface area contributed by atoms with Crippen LogP contribution in [0.25, 0.3) is 0 Å². The molecular weight excluding hydrogens is 224 g/mol.